The van der Waals surface area contributed by atoms with Gasteiger partial charge in [-0.3, -0.25) is 19.2 Å². The van der Waals surface area contributed by atoms with Crippen molar-refractivity contribution in [2.45, 2.75) is 84.8 Å². The quantitative estimate of drug-likeness (QED) is 0.337. The van der Waals surface area contributed by atoms with Gasteiger partial charge in [0.15, 0.2) is 0 Å². The van der Waals surface area contributed by atoms with Crippen molar-refractivity contribution in [2.24, 2.45) is 28.9 Å². The van der Waals surface area contributed by atoms with Crippen LogP contribution in [-0.2, 0) is 19.2 Å². The largest absolute Gasteiger partial charge is 0.346 e. The van der Waals surface area contributed by atoms with Crippen molar-refractivity contribution >= 4 is 23.5 Å². The molecule has 186 valence electrons. The summed E-state index contributed by atoms with van der Waals surface area (Å²) in [6.07, 6.45) is 5.50. The van der Waals surface area contributed by atoms with Crippen LogP contribution in [0.25, 0.3) is 0 Å². The summed E-state index contributed by atoms with van der Waals surface area (Å²) in [7, 11) is 0. The van der Waals surface area contributed by atoms with Crippen LogP contribution in [0.4, 0.5) is 0 Å². The Kier molecular flexibility index (Phi) is 9.23. The standard InChI is InChI=1S/C25H42N4O4/c1-7-11-27-23(32)20(30)18(12-16-9-8-10-16)28-22(31)19-13-17(15(2)3)14-29(19)24(33)21(26)25(4,5)6/h7,15-19,21H,1,8-14,26H2,2-6H3,(H,27,32)(H,28,31)/t17-,18?,19+,21-/m1/s1. The highest BCUT2D eigenvalue weighted by atomic mass is 16.2. The van der Waals surface area contributed by atoms with Gasteiger partial charge >= 0.3 is 0 Å². The second kappa shape index (κ2) is 11.3. The van der Waals surface area contributed by atoms with E-state index in [1.807, 2.05) is 20.8 Å². The summed E-state index contributed by atoms with van der Waals surface area (Å²) < 4.78 is 0. The van der Waals surface area contributed by atoms with Crippen molar-refractivity contribution in [3.63, 3.8) is 0 Å². The number of likely N-dealkylation sites (tertiary alicyclic amines) is 1. The molecule has 2 fully saturated rings. The molecule has 8 heteroatoms. The van der Waals surface area contributed by atoms with E-state index in [0.717, 1.165) is 19.3 Å². The van der Waals surface area contributed by atoms with E-state index in [1.165, 1.54) is 6.08 Å². The number of Topliss-reactive ketones (excluding diaryl/α,β-unsaturated/α-hetero) is 1. The third kappa shape index (κ3) is 6.88. The first-order chi connectivity index (χ1) is 15.4. The number of nitrogens with two attached hydrogens (primary N) is 1. The van der Waals surface area contributed by atoms with Crippen LogP contribution in [0.5, 0.6) is 0 Å². The third-order valence-corrected chi connectivity index (χ3v) is 7.12. The lowest BCUT2D eigenvalue weighted by atomic mass is 9.80. The van der Waals surface area contributed by atoms with Gasteiger partial charge in [-0.15, -0.1) is 6.58 Å². The summed E-state index contributed by atoms with van der Waals surface area (Å²) in [6.45, 7) is 14.0. The van der Waals surface area contributed by atoms with Gasteiger partial charge in [-0.2, -0.15) is 0 Å². The van der Waals surface area contributed by atoms with Crippen molar-refractivity contribution in [1.29, 1.82) is 0 Å². The minimum Gasteiger partial charge on any atom is -0.346 e. The highest BCUT2D eigenvalue weighted by Gasteiger charge is 2.45. The molecule has 2 rings (SSSR count). The van der Waals surface area contributed by atoms with Crippen LogP contribution in [0.2, 0.25) is 0 Å². The Morgan fingerprint density at radius 3 is 2.30 bits per heavy atom. The summed E-state index contributed by atoms with van der Waals surface area (Å²) in [5, 5.41) is 5.33. The minimum absolute atomic E-state index is 0.161. The number of carbonyl (C=O) groups excluding carboxylic acids is 4. The fourth-order valence-corrected chi connectivity index (χ4v) is 4.36. The molecule has 0 aromatic rings. The highest BCUT2D eigenvalue weighted by molar-refractivity contribution is 6.38. The Morgan fingerprint density at radius 1 is 1.18 bits per heavy atom. The molecule has 33 heavy (non-hydrogen) atoms. The van der Waals surface area contributed by atoms with Gasteiger partial charge in [-0.05, 0) is 36.0 Å². The first-order valence-corrected chi connectivity index (χ1v) is 12.2. The minimum atomic E-state index is -0.904. The van der Waals surface area contributed by atoms with E-state index in [2.05, 4.69) is 31.1 Å². The average Bonchev–Trinajstić information content (AvgIpc) is 3.17. The van der Waals surface area contributed by atoms with Crippen LogP contribution in [0.15, 0.2) is 12.7 Å². The molecule has 1 unspecified atom stereocenters. The zero-order valence-electron chi connectivity index (χ0n) is 20.9. The number of rotatable bonds is 10. The Morgan fingerprint density at radius 2 is 1.82 bits per heavy atom. The molecular formula is C25H42N4O4. The van der Waals surface area contributed by atoms with E-state index in [0.29, 0.717) is 31.2 Å². The Hall–Kier alpha value is -2.22. The molecule has 1 aliphatic carbocycles. The first kappa shape index (κ1) is 27.0. The summed E-state index contributed by atoms with van der Waals surface area (Å²) in [5.41, 5.74) is 5.80. The molecule has 1 saturated heterocycles. The normalized spacial score (nSPS) is 22.9. The van der Waals surface area contributed by atoms with E-state index in [9.17, 15) is 19.2 Å². The van der Waals surface area contributed by atoms with Gasteiger partial charge in [0, 0.05) is 13.1 Å². The van der Waals surface area contributed by atoms with Crippen molar-refractivity contribution in [3.8, 4) is 0 Å². The van der Waals surface area contributed by atoms with Gasteiger partial charge in [-0.1, -0.05) is 60.0 Å². The first-order valence-electron chi connectivity index (χ1n) is 12.2. The smallest absolute Gasteiger partial charge is 0.289 e. The van der Waals surface area contributed by atoms with Gasteiger partial charge in [-0.25, -0.2) is 0 Å². The third-order valence-electron chi connectivity index (χ3n) is 7.12. The maximum Gasteiger partial charge on any atom is 0.289 e. The molecule has 2 aliphatic rings. The van der Waals surface area contributed by atoms with Crippen molar-refractivity contribution in [2.75, 3.05) is 13.1 Å². The van der Waals surface area contributed by atoms with Gasteiger partial charge in [0.2, 0.25) is 17.6 Å². The molecule has 4 N–H and O–H groups in total. The number of ketones is 1. The summed E-state index contributed by atoms with van der Waals surface area (Å²) in [5.74, 6) is -1.26. The fourth-order valence-electron chi connectivity index (χ4n) is 4.36. The zero-order valence-corrected chi connectivity index (χ0v) is 20.9. The Bertz CT molecular complexity index is 754. The van der Waals surface area contributed by atoms with Crippen LogP contribution in [-0.4, -0.2) is 59.6 Å². The van der Waals surface area contributed by atoms with E-state index in [1.54, 1.807) is 4.90 Å². The highest BCUT2D eigenvalue weighted by Crippen LogP contribution is 2.33. The van der Waals surface area contributed by atoms with E-state index in [4.69, 9.17) is 5.73 Å². The van der Waals surface area contributed by atoms with Crippen LogP contribution in [0.1, 0.15) is 66.7 Å². The molecule has 4 atom stereocenters. The van der Waals surface area contributed by atoms with E-state index in [-0.39, 0.29) is 24.3 Å². The molecule has 0 aromatic heterocycles. The molecule has 0 radical (unpaired) electrons. The summed E-state index contributed by atoms with van der Waals surface area (Å²) >= 11 is 0. The van der Waals surface area contributed by atoms with Crippen LogP contribution >= 0.6 is 0 Å². The Balaban J connectivity index is 2.20. The predicted molar refractivity (Wildman–Crippen MR) is 128 cm³/mol. The van der Waals surface area contributed by atoms with Crippen LogP contribution < -0.4 is 16.4 Å². The lowest BCUT2D eigenvalue weighted by Crippen LogP contribution is -2.57. The van der Waals surface area contributed by atoms with Gasteiger partial charge < -0.3 is 21.3 Å². The van der Waals surface area contributed by atoms with Gasteiger partial charge in [0.05, 0.1) is 12.1 Å². The number of hydrogen-bond donors (Lipinski definition) is 3. The maximum absolute atomic E-state index is 13.4. The average molecular weight is 463 g/mol. The zero-order chi connectivity index (χ0) is 24.9. The molecule has 0 bridgehead atoms. The van der Waals surface area contributed by atoms with Crippen LogP contribution in [0, 0.1) is 23.2 Å². The molecule has 0 spiro atoms. The molecule has 1 saturated carbocycles. The molecular weight excluding hydrogens is 420 g/mol. The monoisotopic (exact) mass is 462 g/mol. The molecule has 1 aliphatic heterocycles. The Labute approximate surface area is 198 Å². The summed E-state index contributed by atoms with van der Waals surface area (Å²) in [4.78, 5) is 53.4. The topological polar surface area (TPSA) is 122 Å². The molecule has 0 aromatic carbocycles. The molecule has 3 amide bonds. The van der Waals surface area contributed by atoms with Crippen molar-refractivity contribution in [3.05, 3.63) is 12.7 Å². The lowest BCUT2D eigenvalue weighted by molar-refractivity contribution is -0.143. The molecule has 8 nitrogen and oxygen atoms in total. The lowest BCUT2D eigenvalue weighted by Gasteiger charge is -2.34. The van der Waals surface area contributed by atoms with Crippen molar-refractivity contribution < 1.29 is 19.2 Å². The van der Waals surface area contributed by atoms with Gasteiger partial charge in [0.1, 0.15) is 6.04 Å². The second-order valence-corrected chi connectivity index (χ2v) is 11.0. The van der Waals surface area contributed by atoms with E-state index < -0.39 is 35.2 Å². The number of amides is 3. The van der Waals surface area contributed by atoms with Gasteiger partial charge in [0.25, 0.3) is 5.91 Å². The SMILES string of the molecule is C=CCNC(=O)C(=O)C(CC1CCC1)NC(=O)[C@@H]1C[C@@H](C(C)C)CN1C(=O)[C@@H](N)C(C)(C)C. The van der Waals surface area contributed by atoms with Crippen LogP contribution in [0.3, 0.4) is 0 Å². The number of carbonyl (C=O) groups is 4. The molecule has 1 heterocycles. The summed E-state index contributed by atoms with van der Waals surface area (Å²) in [6, 6.07) is -2.35. The second-order valence-electron chi connectivity index (χ2n) is 11.0. The fraction of sp³-hybridized carbons (Fsp3) is 0.760. The van der Waals surface area contributed by atoms with Crippen molar-refractivity contribution in [1.82, 2.24) is 15.5 Å². The number of nitrogens with zero attached hydrogens (tertiary/aromatic N) is 1. The maximum atomic E-state index is 13.4. The predicted octanol–water partition coefficient (Wildman–Crippen LogP) is 1.78. The number of hydrogen-bond acceptors (Lipinski definition) is 5. The number of nitrogens with one attached hydrogen (secondary N) is 2. The van der Waals surface area contributed by atoms with E-state index >= 15 is 0 Å².